The molecule has 0 unspecified atom stereocenters. The van der Waals surface area contributed by atoms with Gasteiger partial charge in [-0.15, -0.1) is 11.3 Å². The number of nitrogens with zero attached hydrogens (tertiary/aromatic N) is 2. The topological polar surface area (TPSA) is 42.1 Å². The lowest BCUT2D eigenvalue weighted by Crippen LogP contribution is -2.29. The molecular formula is C10H17N3S. The molecule has 1 aliphatic heterocycles. The van der Waals surface area contributed by atoms with Crippen LogP contribution < -0.4 is 5.73 Å². The quantitative estimate of drug-likeness (QED) is 0.825. The highest BCUT2D eigenvalue weighted by molar-refractivity contribution is 7.09. The number of hydrogen-bond acceptors (Lipinski definition) is 4. The molecule has 0 saturated carbocycles. The second-order valence-corrected chi connectivity index (χ2v) is 4.70. The number of rotatable bonds is 3. The van der Waals surface area contributed by atoms with Crippen molar-refractivity contribution in [3.05, 3.63) is 16.1 Å². The van der Waals surface area contributed by atoms with E-state index in [1.54, 1.807) is 11.3 Å². The summed E-state index contributed by atoms with van der Waals surface area (Å²) in [6.07, 6.45) is 4.08. The van der Waals surface area contributed by atoms with Crippen LogP contribution in [0.15, 0.2) is 5.51 Å². The van der Waals surface area contributed by atoms with Gasteiger partial charge in [-0.3, -0.25) is 4.90 Å². The zero-order chi connectivity index (χ0) is 9.80. The van der Waals surface area contributed by atoms with E-state index in [9.17, 15) is 0 Å². The molecule has 4 heteroatoms. The summed E-state index contributed by atoms with van der Waals surface area (Å²) < 4.78 is 0. The van der Waals surface area contributed by atoms with Gasteiger partial charge in [0.2, 0.25) is 0 Å². The van der Waals surface area contributed by atoms with Crippen molar-refractivity contribution in [1.82, 2.24) is 9.88 Å². The van der Waals surface area contributed by atoms with Crippen LogP contribution in [0.5, 0.6) is 0 Å². The van der Waals surface area contributed by atoms with Crippen LogP contribution in [-0.4, -0.2) is 23.0 Å². The van der Waals surface area contributed by atoms with E-state index in [1.165, 1.54) is 37.2 Å². The molecule has 1 aromatic rings. The molecule has 1 saturated heterocycles. The Kier molecular flexibility index (Phi) is 3.50. The Morgan fingerprint density at radius 1 is 1.36 bits per heavy atom. The summed E-state index contributed by atoms with van der Waals surface area (Å²) in [7, 11) is 0. The molecule has 0 amide bonds. The Balaban J connectivity index is 1.95. The first-order valence-electron chi connectivity index (χ1n) is 5.24. The molecule has 1 fully saturated rings. The number of aromatic nitrogens is 1. The second-order valence-electron chi connectivity index (χ2n) is 3.76. The molecule has 0 spiro atoms. The first kappa shape index (κ1) is 10.1. The van der Waals surface area contributed by atoms with Crippen LogP contribution in [0, 0.1) is 0 Å². The molecule has 78 valence electrons. The van der Waals surface area contributed by atoms with E-state index < -0.39 is 0 Å². The number of thiazole rings is 1. The number of likely N-dealkylation sites (tertiary alicyclic amines) is 1. The Bertz CT molecular complexity index is 279. The van der Waals surface area contributed by atoms with Crippen molar-refractivity contribution >= 4 is 11.3 Å². The SMILES string of the molecule is NCc1ncsc1CN1CCCCC1. The minimum atomic E-state index is 0.576. The van der Waals surface area contributed by atoms with Gasteiger partial charge in [0.1, 0.15) is 0 Å². The zero-order valence-electron chi connectivity index (χ0n) is 8.41. The minimum absolute atomic E-state index is 0.576. The van der Waals surface area contributed by atoms with Crippen molar-refractivity contribution in [3.8, 4) is 0 Å². The van der Waals surface area contributed by atoms with Crippen LogP contribution in [-0.2, 0) is 13.1 Å². The lowest BCUT2D eigenvalue weighted by molar-refractivity contribution is 0.222. The molecular weight excluding hydrogens is 194 g/mol. The van der Waals surface area contributed by atoms with Gasteiger partial charge in [-0.2, -0.15) is 0 Å². The Morgan fingerprint density at radius 2 is 2.14 bits per heavy atom. The van der Waals surface area contributed by atoms with Gasteiger partial charge in [0, 0.05) is 18.0 Å². The third-order valence-corrected chi connectivity index (χ3v) is 3.59. The van der Waals surface area contributed by atoms with Crippen molar-refractivity contribution in [1.29, 1.82) is 0 Å². The van der Waals surface area contributed by atoms with Crippen molar-refractivity contribution in [3.63, 3.8) is 0 Å². The third kappa shape index (κ3) is 2.32. The molecule has 0 atom stereocenters. The average molecular weight is 211 g/mol. The van der Waals surface area contributed by atoms with Crippen molar-refractivity contribution in [2.75, 3.05) is 13.1 Å². The van der Waals surface area contributed by atoms with Crippen LogP contribution in [0.1, 0.15) is 29.8 Å². The first-order chi connectivity index (χ1) is 6.90. The van der Waals surface area contributed by atoms with Crippen LogP contribution in [0.2, 0.25) is 0 Å². The monoisotopic (exact) mass is 211 g/mol. The molecule has 2 heterocycles. The van der Waals surface area contributed by atoms with Crippen LogP contribution in [0.25, 0.3) is 0 Å². The maximum atomic E-state index is 5.63. The van der Waals surface area contributed by atoms with Gasteiger partial charge in [0.05, 0.1) is 11.2 Å². The summed E-state index contributed by atoms with van der Waals surface area (Å²) in [5.74, 6) is 0. The van der Waals surface area contributed by atoms with Gasteiger partial charge in [0.25, 0.3) is 0 Å². The van der Waals surface area contributed by atoms with E-state index in [-0.39, 0.29) is 0 Å². The van der Waals surface area contributed by atoms with Crippen LogP contribution in [0.4, 0.5) is 0 Å². The summed E-state index contributed by atoms with van der Waals surface area (Å²) in [5, 5.41) is 0. The summed E-state index contributed by atoms with van der Waals surface area (Å²) in [5.41, 5.74) is 8.61. The molecule has 1 aromatic heterocycles. The molecule has 1 aliphatic rings. The maximum absolute atomic E-state index is 5.63. The highest BCUT2D eigenvalue weighted by Crippen LogP contribution is 2.18. The Morgan fingerprint density at radius 3 is 2.86 bits per heavy atom. The van der Waals surface area contributed by atoms with Crippen molar-refractivity contribution in [2.24, 2.45) is 5.73 Å². The van der Waals surface area contributed by atoms with Crippen molar-refractivity contribution in [2.45, 2.75) is 32.4 Å². The predicted molar refractivity (Wildman–Crippen MR) is 59.1 cm³/mol. The minimum Gasteiger partial charge on any atom is -0.325 e. The number of piperidine rings is 1. The Hall–Kier alpha value is -0.450. The maximum Gasteiger partial charge on any atom is 0.0798 e. The molecule has 0 bridgehead atoms. The molecule has 2 N–H and O–H groups in total. The normalized spacial score (nSPS) is 18.6. The standard InChI is InChI=1S/C10H17N3S/c11-6-9-10(14-8-12-9)7-13-4-2-1-3-5-13/h8H,1-7,11H2. The van der Waals surface area contributed by atoms with E-state index in [4.69, 9.17) is 5.73 Å². The van der Waals surface area contributed by atoms with Crippen LogP contribution in [0.3, 0.4) is 0 Å². The summed E-state index contributed by atoms with van der Waals surface area (Å²) in [4.78, 5) is 8.13. The fraction of sp³-hybridized carbons (Fsp3) is 0.700. The highest BCUT2D eigenvalue weighted by Gasteiger charge is 2.13. The predicted octanol–water partition coefficient (Wildman–Crippen LogP) is 1.59. The summed E-state index contributed by atoms with van der Waals surface area (Å²) in [6, 6.07) is 0. The lowest BCUT2D eigenvalue weighted by Gasteiger charge is -2.25. The fourth-order valence-electron chi connectivity index (χ4n) is 1.91. The van der Waals surface area contributed by atoms with E-state index in [2.05, 4.69) is 9.88 Å². The Labute approximate surface area is 88.9 Å². The summed E-state index contributed by atoms with van der Waals surface area (Å²) in [6.45, 7) is 4.10. The van der Waals surface area contributed by atoms with Crippen LogP contribution >= 0.6 is 11.3 Å². The van der Waals surface area contributed by atoms with E-state index >= 15 is 0 Å². The van der Waals surface area contributed by atoms with Crippen molar-refractivity contribution < 1.29 is 0 Å². The van der Waals surface area contributed by atoms with E-state index in [0.717, 1.165) is 12.2 Å². The average Bonchev–Trinajstić information content (AvgIpc) is 2.67. The zero-order valence-corrected chi connectivity index (χ0v) is 9.22. The van der Waals surface area contributed by atoms with Gasteiger partial charge in [-0.1, -0.05) is 6.42 Å². The molecule has 0 radical (unpaired) electrons. The molecule has 14 heavy (non-hydrogen) atoms. The fourth-order valence-corrected chi connectivity index (χ4v) is 2.75. The first-order valence-corrected chi connectivity index (χ1v) is 6.12. The molecule has 2 rings (SSSR count). The molecule has 0 aromatic carbocycles. The summed E-state index contributed by atoms with van der Waals surface area (Å²) >= 11 is 1.73. The third-order valence-electron chi connectivity index (χ3n) is 2.73. The smallest absolute Gasteiger partial charge is 0.0798 e. The number of nitrogens with two attached hydrogens (primary N) is 1. The van der Waals surface area contributed by atoms with Gasteiger partial charge in [-0.25, -0.2) is 4.98 Å². The van der Waals surface area contributed by atoms with E-state index in [0.29, 0.717) is 6.54 Å². The largest absolute Gasteiger partial charge is 0.325 e. The van der Waals surface area contributed by atoms with Gasteiger partial charge in [0.15, 0.2) is 0 Å². The van der Waals surface area contributed by atoms with Gasteiger partial charge >= 0.3 is 0 Å². The second kappa shape index (κ2) is 4.87. The van der Waals surface area contributed by atoms with E-state index in [1.807, 2.05) is 5.51 Å². The van der Waals surface area contributed by atoms with Gasteiger partial charge < -0.3 is 5.73 Å². The molecule has 3 nitrogen and oxygen atoms in total. The highest BCUT2D eigenvalue weighted by atomic mass is 32.1. The lowest BCUT2D eigenvalue weighted by atomic mass is 10.1. The molecule has 0 aliphatic carbocycles. The number of hydrogen-bond donors (Lipinski definition) is 1. The van der Waals surface area contributed by atoms with Gasteiger partial charge in [-0.05, 0) is 25.9 Å².